The lowest BCUT2D eigenvalue weighted by Gasteiger charge is -2.11. The second kappa shape index (κ2) is 9.36. The van der Waals surface area contributed by atoms with Crippen molar-refractivity contribution in [2.24, 2.45) is 0 Å². The first-order valence-corrected chi connectivity index (χ1v) is 8.86. The minimum Gasteiger partial charge on any atom is -0.493 e. The molecule has 1 aromatic heterocycles. The van der Waals surface area contributed by atoms with Gasteiger partial charge in [0.15, 0.2) is 17.3 Å². The van der Waals surface area contributed by atoms with Crippen molar-refractivity contribution in [1.82, 2.24) is 15.2 Å². The third kappa shape index (κ3) is 5.55. The fraction of sp³-hybridized carbons (Fsp3) is 0.200. The molecule has 2 aromatic carbocycles. The lowest BCUT2D eigenvalue weighted by atomic mass is 10.2. The van der Waals surface area contributed by atoms with Gasteiger partial charge in [0.2, 0.25) is 11.9 Å². The van der Waals surface area contributed by atoms with Crippen LogP contribution >= 0.6 is 0 Å². The van der Waals surface area contributed by atoms with E-state index < -0.39 is 0 Å². The Bertz CT molecular complexity index is 978. The molecule has 3 N–H and O–H groups in total. The fourth-order valence-electron chi connectivity index (χ4n) is 2.59. The van der Waals surface area contributed by atoms with Gasteiger partial charge in [-0.2, -0.15) is 10.1 Å². The average Bonchev–Trinajstić information content (AvgIpc) is 2.73. The van der Waals surface area contributed by atoms with Crippen LogP contribution in [-0.2, 0) is 11.3 Å². The largest absolute Gasteiger partial charge is 0.493 e. The van der Waals surface area contributed by atoms with Crippen LogP contribution in [0.5, 0.6) is 11.5 Å². The van der Waals surface area contributed by atoms with Crippen molar-refractivity contribution in [2.75, 3.05) is 30.2 Å². The maximum Gasteiger partial charge on any atom is 0.249 e. The van der Waals surface area contributed by atoms with Crippen molar-refractivity contribution in [1.29, 1.82) is 0 Å². The number of benzene rings is 2. The van der Waals surface area contributed by atoms with Crippen molar-refractivity contribution in [3.05, 3.63) is 54.2 Å². The summed E-state index contributed by atoms with van der Waals surface area (Å²) in [5.74, 6) is 2.15. The molecule has 0 spiro atoms. The van der Waals surface area contributed by atoms with E-state index in [1.54, 1.807) is 32.5 Å². The van der Waals surface area contributed by atoms with Crippen LogP contribution in [0.2, 0.25) is 0 Å². The summed E-state index contributed by atoms with van der Waals surface area (Å²) >= 11 is 0. The molecule has 0 aliphatic carbocycles. The number of ether oxygens (including phenoxy) is 2. The number of amides is 1. The molecule has 3 aromatic rings. The minimum absolute atomic E-state index is 0.119. The molecule has 3 rings (SSSR count). The van der Waals surface area contributed by atoms with Gasteiger partial charge in [-0.25, -0.2) is 0 Å². The summed E-state index contributed by atoms with van der Waals surface area (Å²) in [5, 5.41) is 17.0. The van der Waals surface area contributed by atoms with Crippen LogP contribution in [0.4, 0.5) is 23.1 Å². The smallest absolute Gasteiger partial charge is 0.249 e. The van der Waals surface area contributed by atoms with Gasteiger partial charge in [0.05, 0.1) is 20.4 Å². The number of rotatable bonds is 8. The first-order chi connectivity index (χ1) is 14.1. The third-order valence-electron chi connectivity index (χ3n) is 3.94. The number of carbonyl (C=O) groups excluding carboxylic acids is 1. The molecule has 9 heteroatoms. The van der Waals surface area contributed by atoms with Crippen LogP contribution in [0.3, 0.4) is 0 Å². The van der Waals surface area contributed by atoms with Gasteiger partial charge in [-0.05, 0) is 42.0 Å². The quantitative estimate of drug-likeness (QED) is 0.534. The zero-order valence-corrected chi connectivity index (χ0v) is 16.4. The van der Waals surface area contributed by atoms with Crippen LogP contribution in [0.25, 0.3) is 0 Å². The van der Waals surface area contributed by atoms with Gasteiger partial charge >= 0.3 is 0 Å². The standard InChI is InChI=1S/C20H22N6O3/c1-13(27)23-15-5-7-16(8-6-15)24-20-25-19(12-22-26-20)21-11-14-4-9-17(28-2)18(10-14)29-3/h4-10,12H,11H2,1-3H3,(H,23,27)(H2,21,24,25,26). The Morgan fingerprint density at radius 3 is 2.41 bits per heavy atom. The molecule has 0 bridgehead atoms. The Hall–Kier alpha value is -3.88. The predicted molar refractivity (Wildman–Crippen MR) is 111 cm³/mol. The molecule has 150 valence electrons. The van der Waals surface area contributed by atoms with Gasteiger partial charge in [0, 0.05) is 24.8 Å². The summed E-state index contributed by atoms with van der Waals surface area (Å²) in [5.41, 5.74) is 2.50. The van der Waals surface area contributed by atoms with Gasteiger partial charge in [0.1, 0.15) is 0 Å². The van der Waals surface area contributed by atoms with Gasteiger partial charge < -0.3 is 25.4 Å². The van der Waals surface area contributed by atoms with E-state index >= 15 is 0 Å². The molecule has 29 heavy (non-hydrogen) atoms. The number of methoxy groups -OCH3 is 2. The SMILES string of the molecule is COc1ccc(CNc2cnnc(Nc3ccc(NC(C)=O)cc3)n2)cc1OC. The molecule has 0 aliphatic rings. The number of hydrogen-bond acceptors (Lipinski definition) is 8. The summed E-state index contributed by atoms with van der Waals surface area (Å²) < 4.78 is 10.6. The van der Waals surface area contributed by atoms with Gasteiger partial charge in [-0.1, -0.05) is 6.07 Å². The van der Waals surface area contributed by atoms with Crippen molar-refractivity contribution in [3.8, 4) is 11.5 Å². The van der Waals surface area contributed by atoms with Crippen molar-refractivity contribution in [3.63, 3.8) is 0 Å². The monoisotopic (exact) mass is 394 g/mol. The van der Waals surface area contributed by atoms with E-state index in [2.05, 4.69) is 31.1 Å². The van der Waals surface area contributed by atoms with E-state index in [0.717, 1.165) is 11.3 Å². The second-order valence-corrected chi connectivity index (χ2v) is 6.09. The molecular formula is C20H22N6O3. The third-order valence-corrected chi connectivity index (χ3v) is 3.94. The molecule has 9 nitrogen and oxygen atoms in total. The molecule has 1 heterocycles. The Balaban J connectivity index is 1.63. The van der Waals surface area contributed by atoms with Crippen LogP contribution in [0.15, 0.2) is 48.7 Å². The molecule has 0 unspecified atom stereocenters. The molecule has 0 fully saturated rings. The van der Waals surface area contributed by atoms with E-state index in [9.17, 15) is 4.79 Å². The highest BCUT2D eigenvalue weighted by Gasteiger charge is 2.06. The molecule has 0 atom stereocenters. The lowest BCUT2D eigenvalue weighted by molar-refractivity contribution is -0.114. The average molecular weight is 394 g/mol. The Morgan fingerprint density at radius 1 is 1.00 bits per heavy atom. The summed E-state index contributed by atoms with van der Waals surface area (Å²) in [7, 11) is 3.20. The van der Waals surface area contributed by atoms with Crippen LogP contribution in [0.1, 0.15) is 12.5 Å². The fourth-order valence-corrected chi connectivity index (χ4v) is 2.59. The van der Waals surface area contributed by atoms with E-state index in [-0.39, 0.29) is 5.91 Å². The number of nitrogens with one attached hydrogen (secondary N) is 3. The Kier molecular flexibility index (Phi) is 6.41. The second-order valence-electron chi connectivity index (χ2n) is 6.09. The predicted octanol–water partition coefficient (Wildman–Crippen LogP) is 3.20. The zero-order valence-electron chi connectivity index (χ0n) is 16.4. The van der Waals surface area contributed by atoms with Crippen molar-refractivity contribution in [2.45, 2.75) is 13.5 Å². The van der Waals surface area contributed by atoms with Gasteiger partial charge in [-0.15, -0.1) is 5.10 Å². The van der Waals surface area contributed by atoms with Crippen LogP contribution in [-0.4, -0.2) is 35.3 Å². The highest BCUT2D eigenvalue weighted by Crippen LogP contribution is 2.27. The zero-order chi connectivity index (χ0) is 20.6. The van der Waals surface area contributed by atoms with Crippen LogP contribution < -0.4 is 25.4 Å². The minimum atomic E-state index is -0.119. The molecule has 1 amide bonds. The normalized spacial score (nSPS) is 10.2. The van der Waals surface area contributed by atoms with Gasteiger partial charge in [0.25, 0.3) is 0 Å². The molecule has 0 saturated carbocycles. The topological polar surface area (TPSA) is 110 Å². The molecule has 0 aliphatic heterocycles. The summed E-state index contributed by atoms with van der Waals surface area (Å²) in [6, 6.07) is 12.9. The number of anilines is 4. The first-order valence-electron chi connectivity index (χ1n) is 8.86. The van der Waals surface area contributed by atoms with Crippen molar-refractivity contribution >= 4 is 29.0 Å². The first kappa shape index (κ1) is 19.9. The molecule has 0 saturated heterocycles. The van der Waals surface area contributed by atoms with E-state index in [0.29, 0.717) is 35.5 Å². The van der Waals surface area contributed by atoms with E-state index in [1.165, 1.54) is 6.92 Å². The summed E-state index contributed by atoms with van der Waals surface area (Å²) in [6.07, 6.45) is 1.55. The van der Waals surface area contributed by atoms with E-state index in [1.807, 2.05) is 30.3 Å². The number of aromatic nitrogens is 3. The highest BCUT2D eigenvalue weighted by atomic mass is 16.5. The Morgan fingerprint density at radius 2 is 1.72 bits per heavy atom. The summed E-state index contributed by atoms with van der Waals surface area (Å²) in [6.45, 7) is 2.00. The number of nitrogens with zero attached hydrogens (tertiary/aromatic N) is 3. The van der Waals surface area contributed by atoms with Crippen LogP contribution in [0, 0.1) is 0 Å². The number of hydrogen-bond donors (Lipinski definition) is 3. The highest BCUT2D eigenvalue weighted by molar-refractivity contribution is 5.88. The maximum atomic E-state index is 11.1. The van der Waals surface area contributed by atoms with Crippen molar-refractivity contribution < 1.29 is 14.3 Å². The number of carbonyl (C=O) groups is 1. The Labute approximate surface area is 168 Å². The lowest BCUT2D eigenvalue weighted by Crippen LogP contribution is -2.07. The van der Waals surface area contributed by atoms with E-state index in [4.69, 9.17) is 9.47 Å². The maximum absolute atomic E-state index is 11.1. The molecular weight excluding hydrogens is 372 g/mol. The van der Waals surface area contributed by atoms with Gasteiger partial charge in [-0.3, -0.25) is 4.79 Å². The summed E-state index contributed by atoms with van der Waals surface area (Å²) in [4.78, 5) is 15.5. The molecule has 0 radical (unpaired) electrons.